The van der Waals surface area contributed by atoms with Crippen LogP contribution in [-0.4, -0.2) is 36.0 Å². The summed E-state index contributed by atoms with van der Waals surface area (Å²) >= 11 is 0. The molecule has 3 rings (SSSR count). The molecule has 0 aromatic heterocycles. The summed E-state index contributed by atoms with van der Waals surface area (Å²) in [4.78, 5) is 14.7. The van der Waals surface area contributed by atoms with Gasteiger partial charge in [-0.2, -0.15) is 0 Å². The molecule has 0 radical (unpaired) electrons. The number of likely N-dealkylation sites (tertiary alicyclic amines) is 1. The highest BCUT2D eigenvalue weighted by atomic mass is 16.2. The molecule has 1 amide bonds. The first-order valence-corrected chi connectivity index (χ1v) is 7.50. The zero-order valence-corrected chi connectivity index (χ0v) is 11.9. The minimum absolute atomic E-state index is 0.280. The fourth-order valence-electron chi connectivity index (χ4n) is 4.00. The number of hydrogen-bond acceptors (Lipinski definition) is 2. The molecule has 0 aromatic rings. The van der Waals surface area contributed by atoms with Gasteiger partial charge >= 0.3 is 0 Å². The summed E-state index contributed by atoms with van der Waals surface area (Å²) in [5.74, 6) is 1.39. The summed E-state index contributed by atoms with van der Waals surface area (Å²) in [6.07, 6.45) is 4.75. The Morgan fingerprint density at radius 1 is 1.22 bits per heavy atom. The average Bonchev–Trinajstić information content (AvgIpc) is 3.02. The topological polar surface area (TPSA) is 32.3 Å². The van der Waals surface area contributed by atoms with Gasteiger partial charge in [-0.3, -0.25) is 4.79 Å². The lowest BCUT2D eigenvalue weighted by Crippen LogP contribution is -2.40. The minimum Gasteiger partial charge on any atom is -0.342 e. The van der Waals surface area contributed by atoms with E-state index in [4.69, 9.17) is 0 Å². The second kappa shape index (κ2) is 4.22. The highest BCUT2D eigenvalue weighted by Crippen LogP contribution is 2.38. The fraction of sp³-hybridized carbons (Fsp3) is 0.933. The molecule has 1 N–H and O–H groups in total. The van der Waals surface area contributed by atoms with Crippen LogP contribution in [0.1, 0.15) is 46.5 Å². The number of hydrogen-bond donors (Lipinski definition) is 1. The number of carbonyl (C=O) groups excluding carboxylic acids is 1. The Bertz CT molecular complexity index is 347. The van der Waals surface area contributed by atoms with E-state index in [1.165, 1.54) is 19.3 Å². The van der Waals surface area contributed by atoms with Gasteiger partial charge in [-0.25, -0.2) is 0 Å². The molecule has 2 bridgehead atoms. The lowest BCUT2D eigenvalue weighted by Gasteiger charge is -2.29. The first-order chi connectivity index (χ1) is 8.45. The summed E-state index contributed by atoms with van der Waals surface area (Å²) in [6.45, 7) is 8.85. The van der Waals surface area contributed by atoms with E-state index in [1.807, 2.05) is 0 Å². The molecule has 4 atom stereocenters. The third kappa shape index (κ3) is 2.07. The van der Waals surface area contributed by atoms with Crippen LogP contribution < -0.4 is 5.32 Å². The summed E-state index contributed by atoms with van der Waals surface area (Å²) < 4.78 is 0. The first kappa shape index (κ1) is 12.5. The van der Waals surface area contributed by atoms with Crippen LogP contribution in [0.25, 0.3) is 0 Å². The normalized spacial score (nSPS) is 39.6. The summed E-state index contributed by atoms with van der Waals surface area (Å²) in [5, 5.41) is 3.58. The molecule has 102 valence electrons. The van der Waals surface area contributed by atoms with Crippen LogP contribution in [0.2, 0.25) is 0 Å². The van der Waals surface area contributed by atoms with Crippen molar-refractivity contribution < 1.29 is 4.79 Å². The van der Waals surface area contributed by atoms with Gasteiger partial charge in [0.05, 0.1) is 5.92 Å². The van der Waals surface area contributed by atoms with Crippen molar-refractivity contribution in [3.05, 3.63) is 0 Å². The lowest BCUT2D eigenvalue weighted by atomic mass is 9.80. The van der Waals surface area contributed by atoms with E-state index in [0.29, 0.717) is 29.3 Å². The lowest BCUT2D eigenvalue weighted by molar-refractivity contribution is -0.135. The zero-order valence-electron chi connectivity index (χ0n) is 11.9. The molecule has 4 unspecified atom stereocenters. The molecule has 0 aromatic carbocycles. The highest BCUT2D eigenvalue weighted by Gasteiger charge is 2.45. The van der Waals surface area contributed by atoms with Crippen LogP contribution in [0.5, 0.6) is 0 Å². The van der Waals surface area contributed by atoms with E-state index in [1.54, 1.807) is 0 Å². The minimum atomic E-state index is 0.280. The van der Waals surface area contributed by atoms with Gasteiger partial charge in [0.25, 0.3) is 0 Å². The van der Waals surface area contributed by atoms with Gasteiger partial charge in [0.1, 0.15) is 0 Å². The fourth-order valence-corrected chi connectivity index (χ4v) is 4.00. The Morgan fingerprint density at radius 2 is 2.00 bits per heavy atom. The number of amides is 1. The van der Waals surface area contributed by atoms with Crippen LogP contribution in [0.3, 0.4) is 0 Å². The number of carbonyl (C=O) groups is 1. The predicted molar refractivity (Wildman–Crippen MR) is 72.2 cm³/mol. The van der Waals surface area contributed by atoms with Gasteiger partial charge in [-0.05, 0) is 37.0 Å². The van der Waals surface area contributed by atoms with E-state index >= 15 is 0 Å². The van der Waals surface area contributed by atoms with Crippen molar-refractivity contribution in [2.24, 2.45) is 17.3 Å². The summed E-state index contributed by atoms with van der Waals surface area (Å²) in [6, 6.07) is 1.11. The van der Waals surface area contributed by atoms with Crippen LogP contribution in [0.15, 0.2) is 0 Å². The van der Waals surface area contributed by atoms with Gasteiger partial charge in [-0.15, -0.1) is 0 Å². The summed E-state index contributed by atoms with van der Waals surface area (Å²) in [5.41, 5.74) is 0.335. The predicted octanol–water partition coefficient (Wildman–Crippen LogP) is 2.02. The van der Waals surface area contributed by atoms with Crippen molar-refractivity contribution in [3.8, 4) is 0 Å². The van der Waals surface area contributed by atoms with Crippen molar-refractivity contribution in [3.63, 3.8) is 0 Å². The second-order valence-electron chi connectivity index (χ2n) is 7.53. The smallest absolute Gasteiger partial charge is 0.227 e. The standard InChI is InChI=1S/C15H26N2O/c1-15(2,3)10-6-7-17(9-10)14(18)12-8-11-4-5-13(12)16-11/h10-13,16H,4-9H2,1-3H3. The third-order valence-electron chi connectivity index (χ3n) is 5.34. The van der Waals surface area contributed by atoms with Crippen LogP contribution in [0.4, 0.5) is 0 Å². The Morgan fingerprint density at radius 3 is 2.50 bits per heavy atom. The van der Waals surface area contributed by atoms with Crippen LogP contribution in [0, 0.1) is 17.3 Å². The maximum Gasteiger partial charge on any atom is 0.227 e. The SMILES string of the molecule is CC(C)(C)C1CCN(C(=O)C2CC3CCC2N3)C1. The number of fused-ring (bicyclic) bond motifs is 2. The summed E-state index contributed by atoms with van der Waals surface area (Å²) in [7, 11) is 0. The van der Waals surface area contributed by atoms with Crippen molar-refractivity contribution >= 4 is 5.91 Å². The first-order valence-electron chi connectivity index (χ1n) is 7.50. The molecule has 3 heterocycles. The van der Waals surface area contributed by atoms with Gasteiger partial charge < -0.3 is 10.2 Å². The van der Waals surface area contributed by atoms with Crippen LogP contribution >= 0.6 is 0 Å². The van der Waals surface area contributed by atoms with Crippen molar-refractivity contribution in [1.82, 2.24) is 10.2 Å². The molecular weight excluding hydrogens is 224 g/mol. The number of rotatable bonds is 1. The van der Waals surface area contributed by atoms with Gasteiger partial charge in [0, 0.05) is 25.2 Å². The molecule has 3 heteroatoms. The molecule has 3 nitrogen and oxygen atoms in total. The van der Waals surface area contributed by atoms with Gasteiger partial charge in [0.15, 0.2) is 0 Å². The molecule has 3 fully saturated rings. The quantitative estimate of drug-likeness (QED) is 0.772. The van der Waals surface area contributed by atoms with Crippen molar-refractivity contribution in [2.75, 3.05) is 13.1 Å². The van der Waals surface area contributed by atoms with E-state index in [0.717, 1.165) is 19.5 Å². The number of nitrogens with one attached hydrogen (secondary N) is 1. The van der Waals surface area contributed by atoms with Crippen molar-refractivity contribution in [2.45, 2.75) is 58.5 Å². The van der Waals surface area contributed by atoms with E-state index in [-0.39, 0.29) is 5.92 Å². The largest absolute Gasteiger partial charge is 0.342 e. The second-order valence-corrected chi connectivity index (χ2v) is 7.53. The van der Waals surface area contributed by atoms with E-state index in [2.05, 4.69) is 31.0 Å². The maximum atomic E-state index is 12.6. The van der Waals surface area contributed by atoms with Gasteiger partial charge in [0.2, 0.25) is 5.91 Å². The van der Waals surface area contributed by atoms with E-state index < -0.39 is 0 Å². The molecule has 3 aliphatic rings. The number of nitrogens with zero attached hydrogens (tertiary/aromatic N) is 1. The van der Waals surface area contributed by atoms with Crippen molar-refractivity contribution in [1.29, 1.82) is 0 Å². The monoisotopic (exact) mass is 250 g/mol. The Balaban J connectivity index is 1.61. The maximum absolute atomic E-state index is 12.6. The molecule has 3 saturated heterocycles. The highest BCUT2D eigenvalue weighted by molar-refractivity contribution is 5.80. The molecule has 0 saturated carbocycles. The Hall–Kier alpha value is -0.570. The molecule has 3 aliphatic heterocycles. The molecule has 0 spiro atoms. The Kier molecular flexibility index (Phi) is 2.92. The van der Waals surface area contributed by atoms with Gasteiger partial charge in [-0.1, -0.05) is 20.8 Å². The average molecular weight is 250 g/mol. The van der Waals surface area contributed by atoms with E-state index in [9.17, 15) is 4.79 Å². The Labute approximate surface area is 110 Å². The molecular formula is C15H26N2O. The third-order valence-corrected chi connectivity index (χ3v) is 5.34. The molecule has 0 aliphatic carbocycles. The van der Waals surface area contributed by atoms with Crippen LogP contribution in [-0.2, 0) is 4.79 Å². The molecule has 18 heavy (non-hydrogen) atoms. The zero-order chi connectivity index (χ0) is 12.9.